The molecule has 102 valence electrons. The third kappa shape index (κ3) is 3.53. The smallest absolute Gasteiger partial charge is 0.333 e. The minimum Gasteiger partial charge on any atom is -0.469 e. The second-order valence-electron chi connectivity index (χ2n) is 4.75. The van der Waals surface area contributed by atoms with Crippen molar-refractivity contribution >= 4 is 17.9 Å². The van der Waals surface area contributed by atoms with E-state index < -0.39 is 29.4 Å². The van der Waals surface area contributed by atoms with E-state index in [0.717, 1.165) is 13.0 Å². The predicted octanol–water partition coefficient (Wildman–Crippen LogP) is 0.397. The average Bonchev–Trinajstić information content (AvgIpc) is 2.77. The summed E-state index contributed by atoms with van der Waals surface area (Å²) >= 11 is 0. The molecule has 1 heterocycles. The van der Waals surface area contributed by atoms with Gasteiger partial charge < -0.3 is 14.8 Å². The van der Waals surface area contributed by atoms with Gasteiger partial charge in [0.15, 0.2) is 0 Å². The first-order chi connectivity index (χ1) is 8.39. The van der Waals surface area contributed by atoms with E-state index in [2.05, 4.69) is 10.1 Å². The Bertz CT molecular complexity index is 346. The molecule has 1 N–H and O–H groups in total. The summed E-state index contributed by atoms with van der Waals surface area (Å²) in [7, 11) is 1.25. The Labute approximate surface area is 106 Å². The Hall–Kier alpha value is -1.43. The van der Waals surface area contributed by atoms with Gasteiger partial charge in [-0.1, -0.05) is 6.92 Å². The monoisotopic (exact) mass is 257 g/mol. The van der Waals surface area contributed by atoms with Gasteiger partial charge in [0.2, 0.25) is 0 Å². The Morgan fingerprint density at radius 1 is 1.39 bits per heavy atom. The van der Waals surface area contributed by atoms with Crippen molar-refractivity contribution in [3.63, 3.8) is 0 Å². The van der Waals surface area contributed by atoms with Crippen LogP contribution in [0.1, 0.15) is 33.1 Å². The molecule has 0 bridgehead atoms. The molecule has 0 radical (unpaired) electrons. The zero-order valence-corrected chi connectivity index (χ0v) is 10.9. The molecule has 1 fully saturated rings. The third-order valence-corrected chi connectivity index (χ3v) is 3.12. The lowest BCUT2D eigenvalue weighted by atomic mass is 10.0. The van der Waals surface area contributed by atoms with E-state index in [0.29, 0.717) is 6.42 Å². The molecule has 6 nitrogen and oxygen atoms in total. The molecule has 1 saturated heterocycles. The van der Waals surface area contributed by atoms with E-state index >= 15 is 0 Å². The number of hydrogen-bond donors (Lipinski definition) is 1. The van der Waals surface area contributed by atoms with Crippen LogP contribution in [0.3, 0.4) is 0 Å². The van der Waals surface area contributed by atoms with E-state index in [1.165, 1.54) is 14.0 Å². The van der Waals surface area contributed by atoms with Gasteiger partial charge in [0.1, 0.15) is 5.54 Å². The molecule has 0 aromatic heterocycles. The number of ether oxygens (including phenoxy) is 2. The zero-order chi connectivity index (χ0) is 13.8. The molecule has 0 saturated carbocycles. The quantitative estimate of drug-likeness (QED) is 0.580. The highest BCUT2D eigenvalue weighted by Crippen LogP contribution is 2.21. The largest absolute Gasteiger partial charge is 0.469 e. The van der Waals surface area contributed by atoms with Crippen molar-refractivity contribution in [2.45, 2.75) is 38.6 Å². The standard InChI is InChI=1S/C12H19NO5/c1-8(7-9(14)17-3)10(15)18-11(16)12(2)5-4-6-13-12/h8,13H,4-7H2,1-3H3/t8?,12-/m0/s1. The summed E-state index contributed by atoms with van der Waals surface area (Å²) in [6, 6.07) is 0. The van der Waals surface area contributed by atoms with Crippen LogP contribution in [-0.2, 0) is 23.9 Å². The highest BCUT2D eigenvalue weighted by molar-refractivity contribution is 5.92. The Morgan fingerprint density at radius 2 is 2.06 bits per heavy atom. The zero-order valence-electron chi connectivity index (χ0n) is 10.9. The van der Waals surface area contributed by atoms with Crippen molar-refractivity contribution in [1.82, 2.24) is 5.32 Å². The Balaban J connectivity index is 2.49. The number of hydrogen-bond acceptors (Lipinski definition) is 6. The van der Waals surface area contributed by atoms with Crippen LogP contribution in [0, 0.1) is 5.92 Å². The summed E-state index contributed by atoms with van der Waals surface area (Å²) < 4.78 is 9.25. The molecule has 1 rings (SSSR count). The van der Waals surface area contributed by atoms with Crippen molar-refractivity contribution in [3.8, 4) is 0 Å². The number of nitrogens with one attached hydrogen (secondary N) is 1. The maximum absolute atomic E-state index is 11.8. The molecule has 1 aliphatic heterocycles. The molecule has 0 aromatic rings. The molecular formula is C12H19NO5. The van der Waals surface area contributed by atoms with Crippen molar-refractivity contribution in [2.24, 2.45) is 5.92 Å². The first-order valence-corrected chi connectivity index (χ1v) is 5.97. The maximum Gasteiger partial charge on any atom is 0.333 e. The SMILES string of the molecule is COC(=O)CC(C)C(=O)OC(=O)[C@]1(C)CCCN1. The summed E-state index contributed by atoms with van der Waals surface area (Å²) in [6.45, 7) is 3.97. The summed E-state index contributed by atoms with van der Waals surface area (Å²) in [5.74, 6) is -2.47. The molecule has 1 unspecified atom stereocenters. The highest BCUT2D eigenvalue weighted by Gasteiger charge is 2.39. The lowest BCUT2D eigenvalue weighted by Crippen LogP contribution is -2.46. The molecule has 1 aliphatic rings. The van der Waals surface area contributed by atoms with Crippen LogP contribution in [0.2, 0.25) is 0 Å². The summed E-state index contributed by atoms with van der Waals surface area (Å²) in [5, 5.41) is 3.01. The van der Waals surface area contributed by atoms with Gasteiger partial charge in [0.25, 0.3) is 0 Å². The molecular weight excluding hydrogens is 238 g/mol. The van der Waals surface area contributed by atoms with Gasteiger partial charge >= 0.3 is 17.9 Å². The van der Waals surface area contributed by atoms with Crippen molar-refractivity contribution in [3.05, 3.63) is 0 Å². The van der Waals surface area contributed by atoms with Crippen LogP contribution < -0.4 is 5.32 Å². The fourth-order valence-electron chi connectivity index (χ4n) is 1.79. The van der Waals surface area contributed by atoms with Crippen molar-refractivity contribution < 1.29 is 23.9 Å². The van der Waals surface area contributed by atoms with Crippen molar-refractivity contribution in [2.75, 3.05) is 13.7 Å². The van der Waals surface area contributed by atoms with Gasteiger partial charge in [0, 0.05) is 0 Å². The normalized spacial score (nSPS) is 24.4. The van der Waals surface area contributed by atoms with Crippen LogP contribution in [0.15, 0.2) is 0 Å². The summed E-state index contributed by atoms with van der Waals surface area (Å²) in [4.78, 5) is 34.4. The van der Waals surface area contributed by atoms with Gasteiger partial charge in [-0.05, 0) is 26.3 Å². The van der Waals surface area contributed by atoms with Gasteiger partial charge in [0.05, 0.1) is 19.4 Å². The number of esters is 3. The second-order valence-corrected chi connectivity index (χ2v) is 4.75. The van der Waals surface area contributed by atoms with Crippen molar-refractivity contribution in [1.29, 1.82) is 0 Å². The van der Waals surface area contributed by atoms with Crippen LogP contribution in [0.4, 0.5) is 0 Å². The fourth-order valence-corrected chi connectivity index (χ4v) is 1.79. The second kappa shape index (κ2) is 5.95. The predicted molar refractivity (Wildman–Crippen MR) is 62.5 cm³/mol. The molecule has 0 amide bonds. The highest BCUT2D eigenvalue weighted by atomic mass is 16.6. The Kier molecular flexibility index (Phi) is 4.84. The fraction of sp³-hybridized carbons (Fsp3) is 0.750. The summed E-state index contributed by atoms with van der Waals surface area (Å²) in [6.07, 6.45) is 1.43. The van der Waals surface area contributed by atoms with Gasteiger partial charge in [-0.3, -0.25) is 9.59 Å². The van der Waals surface area contributed by atoms with Crippen LogP contribution in [-0.4, -0.2) is 37.1 Å². The van der Waals surface area contributed by atoms with E-state index in [9.17, 15) is 14.4 Å². The van der Waals surface area contributed by atoms with Gasteiger partial charge in [-0.25, -0.2) is 4.79 Å². The molecule has 0 spiro atoms. The lowest BCUT2D eigenvalue weighted by molar-refractivity contribution is -0.168. The number of methoxy groups -OCH3 is 1. The number of rotatable bonds is 4. The first-order valence-electron chi connectivity index (χ1n) is 5.97. The molecule has 18 heavy (non-hydrogen) atoms. The molecule has 6 heteroatoms. The number of carbonyl (C=O) groups excluding carboxylic acids is 3. The van der Waals surface area contributed by atoms with E-state index in [1.54, 1.807) is 6.92 Å². The minimum absolute atomic E-state index is 0.0905. The van der Waals surface area contributed by atoms with E-state index in [-0.39, 0.29) is 6.42 Å². The van der Waals surface area contributed by atoms with Gasteiger partial charge in [-0.15, -0.1) is 0 Å². The summed E-state index contributed by atoms with van der Waals surface area (Å²) in [5.41, 5.74) is -0.791. The molecule has 0 aliphatic carbocycles. The van der Waals surface area contributed by atoms with Crippen LogP contribution in [0.5, 0.6) is 0 Å². The average molecular weight is 257 g/mol. The maximum atomic E-state index is 11.8. The molecule has 2 atom stereocenters. The van der Waals surface area contributed by atoms with E-state index in [4.69, 9.17) is 4.74 Å². The third-order valence-electron chi connectivity index (χ3n) is 3.12. The van der Waals surface area contributed by atoms with Crippen LogP contribution >= 0.6 is 0 Å². The molecule has 0 aromatic carbocycles. The number of carbonyl (C=O) groups is 3. The minimum atomic E-state index is -0.791. The Morgan fingerprint density at radius 3 is 2.56 bits per heavy atom. The topological polar surface area (TPSA) is 81.7 Å². The first kappa shape index (κ1) is 14.6. The van der Waals surface area contributed by atoms with Gasteiger partial charge in [-0.2, -0.15) is 0 Å². The lowest BCUT2D eigenvalue weighted by Gasteiger charge is -2.21. The van der Waals surface area contributed by atoms with E-state index in [1.807, 2.05) is 0 Å². The van der Waals surface area contributed by atoms with Crippen LogP contribution in [0.25, 0.3) is 0 Å².